The fourth-order valence-corrected chi connectivity index (χ4v) is 3.23. The van der Waals surface area contributed by atoms with Crippen molar-refractivity contribution in [3.05, 3.63) is 46.8 Å². The molecule has 27 heavy (non-hydrogen) atoms. The molecule has 1 aliphatic carbocycles. The van der Waals surface area contributed by atoms with Crippen molar-refractivity contribution in [3.63, 3.8) is 0 Å². The van der Waals surface area contributed by atoms with Gasteiger partial charge >= 0.3 is 0 Å². The molecule has 2 aromatic rings. The summed E-state index contributed by atoms with van der Waals surface area (Å²) >= 11 is 0. The lowest BCUT2D eigenvalue weighted by Crippen LogP contribution is -2.39. The Morgan fingerprint density at radius 1 is 1.11 bits per heavy atom. The third-order valence-corrected chi connectivity index (χ3v) is 4.48. The van der Waals surface area contributed by atoms with E-state index in [0.717, 1.165) is 25.7 Å². The number of rotatable bonds is 6. The van der Waals surface area contributed by atoms with E-state index in [4.69, 9.17) is 0 Å². The molecule has 1 heterocycles. The van der Waals surface area contributed by atoms with E-state index < -0.39 is 4.92 Å². The van der Waals surface area contributed by atoms with Crippen LogP contribution in [0.2, 0.25) is 0 Å². The van der Waals surface area contributed by atoms with Crippen LogP contribution in [0.15, 0.2) is 36.7 Å². The number of hydrogen-bond acceptors (Lipinski definition) is 7. The van der Waals surface area contributed by atoms with Gasteiger partial charge in [-0.25, -0.2) is 9.97 Å². The summed E-state index contributed by atoms with van der Waals surface area (Å²) in [6.45, 7) is 1.54. The monoisotopic (exact) mass is 370 g/mol. The van der Waals surface area contributed by atoms with Crippen LogP contribution >= 0.6 is 0 Å². The smallest absolute Gasteiger partial charge is 0.271 e. The Labute approximate surface area is 156 Å². The minimum absolute atomic E-state index is 0.0130. The van der Waals surface area contributed by atoms with E-state index in [0.29, 0.717) is 17.3 Å². The third kappa shape index (κ3) is 5.37. The molecule has 1 aromatic heterocycles. The van der Waals surface area contributed by atoms with Crippen LogP contribution in [-0.2, 0) is 4.79 Å². The number of benzene rings is 1. The first-order valence-electron chi connectivity index (χ1n) is 8.87. The average Bonchev–Trinajstić information content (AvgIpc) is 2.63. The molecule has 3 N–H and O–H groups in total. The number of hydrogen-bond donors (Lipinski definition) is 3. The summed E-state index contributed by atoms with van der Waals surface area (Å²) < 4.78 is 0. The number of nitro groups is 1. The Balaban J connectivity index is 1.59. The van der Waals surface area contributed by atoms with Gasteiger partial charge in [0.15, 0.2) is 0 Å². The Bertz CT molecular complexity index is 820. The van der Waals surface area contributed by atoms with Crippen LogP contribution in [0.25, 0.3) is 0 Å². The van der Waals surface area contributed by atoms with Crippen LogP contribution in [0.5, 0.6) is 0 Å². The molecule has 1 aliphatic rings. The van der Waals surface area contributed by atoms with Gasteiger partial charge in [-0.05, 0) is 31.7 Å². The second kappa shape index (κ2) is 8.43. The maximum Gasteiger partial charge on any atom is 0.271 e. The lowest BCUT2D eigenvalue weighted by atomic mass is 9.91. The molecule has 0 atom stereocenters. The van der Waals surface area contributed by atoms with Gasteiger partial charge in [0.2, 0.25) is 5.91 Å². The predicted octanol–water partition coefficient (Wildman–Crippen LogP) is 2.99. The van der Waals surface area contributed by atoms with Gasteiger partial charge < -0.3 is 16.0 Å². The number of aromatic nitrogens is 2. The standard InChI is InChI=1S/C18H22N6O3/c1-12(25)21-13-5-7-14(8-6-13)22-17-10-18(20-11-19-17)23-15-3-2-4-16(9-15)24(26)27/h2-4,9-11,13-14H,5-8H2,1H3,(H,21,25)(H2,19,20,22,23). The maximum atomic E-state index is 11.1. The summed E-state index contributed by atoms with van der Waals surface area (Å²) in [7, 11) is 0. The van der Waals surface area contributed by atoms with Crippen molar-refractivity contribution in [1.82, 2.24) is 15.3 Å². The number of nitrogens with zero attached hydrogens (tertiary/aromatic N) is 3. The van der Waals surface area contributed by atoms with E-state index in [-0.39, 0.29) is 23.7 Å². The highest BCUT2D eigenvalue weighted by Gasteiger charge is 2.21. The van der Waals surface area contributed by atoms with Crippen LogP contribution in [0, 0.1) is 10.1 Å². The van der Waals surface area contributed by atoms with E-state index in [1.807, 2.05) is 0 Å². The predicted molar refractivity (Wildman–Crippen MR) is 102 cm³/mol. The molecule has 1 saturated carbocycles. The van der Waals surface area contributed by atoms with Crippen LogP contribution in [0.1, 0.15) is 32.6 Å². The Kier molecular flexibility index (Phi) is 5.80. The number of amides is 1. The van der Waals surface area contributed by atoms with E-state index >= 15 is 0 Å². The van der Waals surface area contributed by atoms with E-state index in [1.54, 1.807) is 25.1 Å². The van der Waals surface area contributed by atoms with E-state index in [1.165, 1.54) is 18.5 Å². The summed E-state index contributed by atoms with van der Waals surface area (Å²) in [6, 6.07) is 8.57. The minimum Gasteiger partial charge on any atom is -0.367 e. The topological polar surface area (TPSA) is 122 Å². The van der Waals surface area contributed by atoms with E-state index in [9.17, 15) is 14.9 Å². The van der Waals surface area contributed by atoms with Gasteiger partial charge in [-0.15, -0.1) is 0 Å². The number of non-ortho nitro benzene ring substituents is 1. The second-order valence-corrected chi connectivity index (χ2v) is 6.61. The van der Waals surface area contributed by atoms with Gasteiger partial charge in [0.25, 0.3) is 5.69 Å². The SMILES string of the molecule is CC(=O)NC1CCC(Nc2cc(Nc3cccc([N+](=O)[O-])c3)ncn2)CC1. The number of anilines is 3. The Morgan fingerprint density at radius 3 is 2.52 bits per heavy atom. The van der Waals surface area contributed by atoms with Gasteiger partial charge in [0, 0.05) is 42.9 Å². The summed E-state index contributed by atoms with van der Waals surface area (Å²) in [4.78, 5) is 30.0. The van der Waals surface area contributed by atoms with Crippen LogP contribution < -0.4 is 16.0 Å². The number of carbonyl (C=O) groups excluding carboxylic acids is 1. The zero-order chi connectivity index (χ0) is 19.2. The fraction of sp³-hybridized carbons (Fsp3) is 0.389. The maximum absolute atomic E-state index is 11.1. The molecule has 0 saturated heterocycles. The van der Waals surface area contributed by atoms with Crippen LogP contribution in [-0.4, -0.2) is 32.9 Å². The lowest BCUT2D eigenvalue weighted by molar-refractivity contribution is -0.384. The molecule has 0 radical (unpaired) electrons. The zero-order valence-electron chi connectivity index (χ0n) is 15.0. The minimum atomic E-state index is -0.435. The lowest BCUT2D eigenvalue weighted by Gasteiger charge is -2.29. The quantitative estimate of drug-likeness (QED) is 0.528. The molecule has 0 unspecified atom stereocenters. The molecular weight excluding hydrogens is 348 g/mol. The zero-order valence-corrected chi connectivity index (χ0v) is 15.0. The first-order valence-corrected chi connectivity index (χ1v) is 8.87. The Morgan fingerprint density at radius 2 is 1.81 bits per heavy atom. The van der Waals surface area contributed by atoms with Crippen molar-refractivity contribution in [3.8, 4) is 0 Å². The van der Waals surface area contributed by atoms with Crippen molar-refractivity contribution >= 4 is 28.9 Å². The van der Waals surface area contributed by atoms with Crippen LogP contribution in [0.3, 0.4) is 0 Å². The molecule has 0 aliphatic heterocycles. The van der Waals surface area contributed by atoms with Crippen molar-refractivity contribution < 1.29 is 9.72 Å². The summed E-state index contributed by atoms with van der Waals surface area (Å²) in [5, 5.41) is 20.3. The number of nitrogens with one attached hydrogen (secondary N) is 3. The van der Waals surface area contributed by atoms with Crippen molar-refractivity contribution in [1.29, 1.82) is 0 Å². The molecule has 9 nitrogen and oxygen atoms in total. The number of carbonyl (C=O) groups is 1. The molecule has 0 spiro atoms. The van der Waals surface area contributed by atoms with Crippen molar-refractivity contribution in [2.75, 3.05) is 10.6 Å². The van der Waals surface area contributed by atoms with Gasteiger partial charge in [0.05, 0.1) is 4.92 Å². The molecule has 142 valence electrons. The van der Waals surface area contributed by atoms with Gasteiger partial charge in [-0.2, -0.15) is 0 Å². The van der Waals surface area contributed by atoms with E-state index in [2.05, 4.69) is 25.9 Å². The first-order chi connectivity index (χ1) is 13.0. The van der Waals surface area contributed by atoms with Gasteiger partial charge in [0.1, 0.15) is 18.0 Å². The summed E-state index contributed by atoms with van der Waals surface area (Å²) in [5.74, 6) is 1.26. The molecule has 3 rings (SSSR count). The molecule has 1 fully saturated rings. The van der Waals surface area contributed by atoms with Gasteiger partial charge in [-0.1, -0.05) is 6.07 Å². The third-order valence-electron chi connectivity index (χ3n) is 4.48. The fourth-order valence-electron chi connectivity index (χ4n) is 3.23. The van der Waals surface area contributed by atoms with Crippen molar-refractivity contribution in [2.24, 2.45) is 0 Å². The molecular formula is C18H22N6O3. The highest BCUT2D eigenvalue weighted by atomic mass is 16.6. The second-order valence-electron chi connectivity index (χ2n) is 6.61. The number of nitro benzene ring substituents is 1. The summed E-state index contributed by atoms with van der Waals surface area (Å²) in [6.07, 6.45) is 5.21. The average molecular weight is 370 g/mol. The normalized spacial score (nSPS) is 19.1. The molecule has 0 bridgehead atoms. The summed E-state index contributed by atoms with van der Waals surface area (Å²) in [5.41, 5.74) is 0.605. The highest BCUT2D eigenvalue weighted by molar-refractivity contribution is 5.73. The van der Waals surface area contributed by atoms with Crippen molar-refractivity contribution in [2.45, 2.75) is 44.7 Å². The molecule has 1 aromatic carbocycles. The largest absolute Gasteiger partial charge is 0.367 e. The Hall–Kier alpha value is -3.23. The molecule has 1 amide bonds. The molecule has 9 heteroatoms. The van der Waals surface area contributed by atoms with Crippen LogP contribution in [0.4, 0.5) is 23.0 Å². The first kappa shape index (κ1) is 18.6. The van der Waals surface area contributed by atoms with Gasteiger partial charge in [-0.3, -0.25) is 14.9 Å². The highest BCUT2D eigenvalue weighted by Crippen LogP contribution is 2.24.